The minimum Gasteiger partial charge on any atom is -0.244 e. The maximum Gasteiger partial charge on any atom is 0.257 e. The van der Waals surface area contributed by atoms with Crippen LogP contribution in [0.1, 0.15) is 14.6 Å². The van der Waals surface area contributed by atoms with Crippen molar-refractivity contribution in [2.45, 2.75) is 0 Å². The Kier molecular flexibility index (Phi) is 6.62. The Morgan fingerprint density at radius 2 is 1.20 bits per heavy atom. The van der Waals surface area contributed by atoms with E-state index in [1.54, 1.807) is 52.7 Å². The summed E-state index contributed by atoms with van der Waals surface area (Å²) in [6.07, 6.45) is 5.11. The van der Waals surface area contributed by atoms with Crippen molar-refractivity contribution in [1.29, 1.82) is 0 Å². The lowest BCUT2D eigenvalue weighted by Crippen LogP contribution is -2.30. The first kappa shape index (κ1) is 17.2. The molecule has 0 radical (unpaired) electrons. The van der Waals surface area contributed by atoms with E-state index in [0.29, 0.717) is 5.96 Å². The van der Waals surface area contributed by atoms with Crippen LogP contribution in [-0.2, 0) is 0 Å². The fourth-order valence-electron chi connectivity index (χ4n) is 1.62. The van der Waals surface area contributed by atoms with Gasteiger partial charge in [0, 0.05) is 14.6 Å². The molecule has 3 aromatic heterocycles. The van der Waals surface area contributed by atoms with Crippen molar-refractivity contribution in [2.24, 2.45) is 20.4 Å². The Bertz CT molecular complexity index is 798. The number of rotatable bonds is 6. The monoisotopic (exact) mass is 386 g/mol. The Balaban J connectivity index is 1.63. The van der Waals surface area contributed by atoms with Gasteiger partial charge in [0.1, 0.15) is 0 Å². The predicted molar refractivity (Wildman–Crippen MR) is 109 cm³/mol. The first-order chi connectivity index (χ1) is 12.4. The van der Waals surface area contributed by atoms with E-state index in [9.17, 15) is 0 Å². The van der Waals surface area contributed by atoms with Gasteiger partial charge in [-0.3, -0.25) is 0 Å². The summed E-state index contributed by atoms with van der Waals surface area (Å²) in [5, 5.41) is 22.4. The van der Waals surface area contributed by atoms with Crippen molar-refractivity contribution in [3.8, 4) is 0 Å². The Labute approximate surface area is 157 Å². The minimum absolute atomic E-state index is 0.327. The maximum absolute atomic E-state index is 4.15. The number of hydrogen-bond acceptors (Lipinski definition) is 7. The fraction of sp³-hybridized carbons (Fsp3) is 0. The van der Waals surface area contributed by atoms with Gasteiger partial charge in [0.05, 0.1) is 18.6 Å². The molecule has 0 bridgehead atoms. The molecule has 3 heterocycles. The molecule has 0 aliphatic heterocycles. The highest BCUT2D eigenvalue weighted by molar-refractivity contribution is 7.12. The highest BCUT2D eigenvalue weighted by Crippen LogP contribution is 2.05. The van der Waals surface area contributed by atoms with E-state index in [4.69, 9.17) is 0 Å². The number of hydrogen-bond donors (Lipinski definition) is 2. The minimum atomic E-state index is 0.327. The van der Waals surface area contributed by atoms with Gasteiger partial charge < -0.3 is 0 Å². The lowest BCUT2D eigenvalue weighted by molar-refractivity contribution is 0.891. The van der Waals surface area contributed by atoms with Crippen molar-refractivity contribution < 1.29 is 0 Å². The second-order valence-electron chi connectivity index (χ2n) is 4.48. The zero-order valence-electron chi connectivity index (χ0n) is 12.9. The molecule has 0 saturated heterocycles. The number of nitrogens with one attached hydrogen (secondary N) is 2. The maximum atomic E-state index is 4.15. The third-order valence-corrected chi connectivity index (χ3v) is 5.12. The van der Waals surface area contributed by atoms with E-state index >= 15 is 0 Å². The standard InChI is InChI=1S/C16H14N6S3/c1-4-13(23-7-1)10-17-20-16(21-18-11-14-5-2-8-24-14)22-19-12-15-6-3-9-25-15/h1-12H,(H2,20,21,22)/b17-10-,18-11+,19-12+. The van der Waals surface area contributed by atoms with Crippen molar-refractivity contribution >= 4 is 58.6 Å². The largest absolute Gasteiger partial charge is 0.257 e. The van der Waals surface area contributed by atoms with Crippen molar-refractivity contribution in [3.05, 3.63) is 67.2 Å². The summed E-state index contributed by atoms with van der Waals surface area (Å²) in [7, 11) is 0. The van der Waals surface area contributed by atoms with Gasteiger partial charge in [-0.15, -0.1) is 39.1 Å². The fourth-order valence-corrected chi connectivity index (χ4v) is 3.37. The quantitative estimate of drug-likeness (QED) is 0.384. The SMILES string of the molecule is C(=N/NC(=N/N=C/c1cccs1)N/N=C/c1cccs1)/c1cccs1. The molecule has 3 aromatic rings. The second-order valence-corrected chi connectivity index (χ2v) is 7.42. The summed E-state index contributed by atoms with van der Waals surface area (Å²) in [5.41, 5.74) is 5.63. The molecule has 0 aliphatic rings. The summed E-state index contributed by atoms with van der Waals surface area (Å²) in [4.78, 5) is 3.10. The number of thiophene rings is 3. The van der Waals surface area contributed by atoms with Gasteiger partial charge >= 0.3 is 0 Å². The van der Waals surface area contributed by atoms with E-state index in [1.165, 1.54) is 0 Å². The third-order valence-electron chi connectivity index (χ3n) is 2.70. The second kappa shape index (κ2) is 9.62. The number of nitrogens with zero attached hydrogens (tertiary/aromatic N) is 4. The van der Waals surface area contributed by atoms with Crippen LogP contribution in [0.25, 0.3) is 0 Å². The van der Waals surface area contributed by atoms with Gasteiger partial charge in [-0.25, -0.2) is 10.9 Å². The molecule has 0 saturated carbocycles. The number of hydrazone groups is 2. The van der Waals surface area contributed by atoms with E-state index in [-0.39, 0.29) is 0 Å². The van der Waals surface area contributed by atoms with Crippen molar-refractivity contribution in [1.82, 2.24) is 10.9 Å². The molecule has 0 unspecified atom stereocenters. The molecule has 9 heteroatoms. The number of guanidine groups is 1. The lowest BCUT2D eigenvalue weighted by atomic mass is 10.5. The van der Waals surface area contributed by atoms with Gasteiger partial charge in [-0.05, 0) is 34.3 Å². The Hall–Kier alpha value is -2.62. The lowest BCUT2D eigenvalue weighted by Gasteiger charge is -2.01. The summed E-state index contributed by atoms with van der Waals surface area (Å²) in [5.74, 6) is 0.327. The molecule has 25 heavy (non-hydrogen) atoms. The summed E-state index contributed by atoms with van der Waals surface area (Å²) < 4.78 is 0. The molecule has 2 N–H and O–H groups in total. The van der Waals surface area contributed by atoms with Crippen LogP contribution in [0, 0.1) is 0 Å². The van der Waals surface area contributed by atoms with Crippen LogP contribution in [0.4, 0.5) is 0 Å². The van der Waals surface area contributed by atoms with Crippen molar-refractivity contribution in [2.75, 3.05) is 0 Å². The third kappa shape index (κ3) is 6.07. The Morgan fingerprint density at radius 3 is 1.64 bits per heavy atom. The molecule has 6 nitrogen and oxygen atoms in total. The smallest absolute Gasteiger partial charge is 0.244 e. The van der Waals surface area contributed by atoms with E-state index in [1.807, 2.05) is 52.5 Å². The van der Waals surface area contributed by atoms with Crippen molar-refractivity contribution in [3.63, 3.8) is 0 Å². The average Bonchev–Trinajstić information content (AvgIpc) is 3.38. The normalized spacial score (nSPS) is 12.6. The average molecular weight is 387 g/mol. The molecule has 3 rings (SSSR count). The first-order valence-electron chi connectivity index (χ1n) is 7.20. The molecule has 126 valence electrons. The van der Waals surface area contributed by atoms with Crippen LogP contribution in [0.5, 0.6) is 0 Å². The van der Waals surface area contributed by atoms with Gasteiger partial charge in [0.25, 0.3) is 5.96 Å². The highest BCUT2D eigenvalue weighted by atomic mass is 32.1. The molecule has 0 spiro atoms. The van der Waals surface area contributed by atoms with Gasteiger partial charge in [0.2, 0.25) is 0 Å². The van der Waals surface area contributed by atoms with Gasteiger partial charge in [-0.2, -0.15) is 15.3 Å². The molecule has 0 aliphatic carbocycles. The zero-order chi connectivity index (χ0) is 17.2. The zero-order valence-corrected chi connectivity index (χ0v) is 15.4. The predicted octanol–water partition coefficient (Wildman–Crippen LogP) is 3.81. The van der Waals surface area contributed by atoms with E-state index < -0.39 is 0 Å². The molecule has 0 atom stereocenters. The summed E-state index contributed by atoms with van der Waals surface area (Å²) in [6.45, 7) is 0. The topological polar surface area (TPSA) is 73.5 Å². The molecule has 0 fully saturated rings. The van der Waals surface area contributed by atoms with Crippen LogP contribution >= 0.6 is 34.0 Å². The van der Waals surface area contributed by atoms with E-state index in [2.05, 4.69) is 31.3 Å². The molecule has 0 amide bonds. The molecular formula is C16H14N6S3. The summed E-state index contributed by atoms with van der Waals surface area (Å²) >= 11 is 4.79. The summed E-state index contributed by atoms with van der Waals surface area (Å²) in [6, 6.07) is 11.8. The van der Waals surface area contributed by atoms with Crippen LogP contribution in [0.2, 0.25) is 0 Å². The van der Waals surface area contributed by atoms with E-state index in [0.717, 1.165) is 14.6 Å². The molecular weight excluding hydrogens is 372 g/mol. The molecule has 0 aromatic carbocycles. The van der Waals surface area contributed by atoms with Gasteiger partial charge in [0.15, 0.2) is 0 Å². The van der Waals surface area contributed by atoms with Gasteiger partial charge in [-0.1, -0.05) is 18.2 Å². The highest BCUT2D eigenvalue weighted by Gasteiger charge is 1.95. The van der Waals surface area contributed by atoms with Crippen LogP contribution in [-0.4, -0.2) is 24.6 Å². The van der Waals surface area contributed by atoms with Crippen LogP contribution in [0.3, 0.4) is 0 Å². The Morgan fingerprint density at radius 1 is 0.720 bits per heavy atom. The van der Waals surface area contributed by atoms with Crippen LogP contribution in [0.15, 0.2) is 72.9 Å². The van der Waals surface area contributed by atoms with Crippen LogP contribution < -0.4 is 10.9 Å². The first-order valence-corrected chi connectivity index (χ1v) is 9.84.